The van der Waals surface area contributed by atoms with Gasteiger partial charge in [-0.05, 0) is 37.0 Å². The number of carbonyl (C=O) groups is 3. The Morgan fingerprint density at radius 1 is 1.04 bits per heavy atom. The number of fused-ring (bicyclic) bond motifs is 1. The van der Waals surface area contributed by atoms with Gasteiger partial charge in [-0.2, -0.15) is 10.4 Å². The largest absolute Gasteiger partial charge is 0.295 e. The number of benzene rings is 1. The lowest BCUT2D eigenvalue weighted by molar-refractivity contribution is -0.116. The summed E-state index contributed by atoms with van der Waals surface area (Å²) in [4.78, 5) is 39.2. The number of allylic oxidation sites excluding steroid dienone is 4. The number of hydrogen-bond donors (Lipinski definition) is 1. The molecule has 0 bridgehead atoms. The molecule has 0 aliphatic heterocycles. The second-order valence-electron chi connectivity index (χ2n) is 7.35. The average molecular weight is 369 g/mol. The van der Waals surface area contributed by atoms with Crippen LogP contribution in [0.5, 0.6) is 0 Å². The van der Waals surface area contributed by atoms with Gasteiger partial charge in [0.1, 0.15) is 5.69 Å². The van der Waals surface area contributed by atoms with Crippen LogP contribution in [-0.2, 0) is 4.79 Å². The van der Waals surface area contributed by atoms with Gasteiger partial charge in [-0.1, -0.05) is 17.7 Å². The molecule has 5 rings (SSSR count). The van der Waals surface area contributed by atoms with Crippen molar-refractivity contribution in [1.82, 2.24) is 10.2 Å². The smallest absolute Gasteiger partial charge is 0.208 e. The molecule has 6 heteroatoms. The molecule has 0 saturated heterocycles. The standard InChI is InChI=1S/C22H15N3O3/c23-9-11-4-6-12(7-5-11)18-17-13(2-1-3-16(17)26)8-14-19(18)22(28)20-15(21(14)27)10-24-25-20/h4-7,10,18H,1-3,8H2,(H,24,25). The highest BCUT2D eigenvalue weighted by Gasteiger charge is 2.44. The Balaban J connectivity index is 1.75. The fourth-order valence-electron chi connectivity index (χ4n) is 4.59. The lowest BCUT2D eigenvalue weighted by Crippen LogP contribution is -2.32. The molecular weight excluding hydrogens is 354 g/mol. The van der Waals surface area contributed by atoms with E-state index in [0.717, 1.165) is 24.0 Å². The Kier molecular flexibility index (Phi) is 3.53. The van der Waals surface area contributed by atoms with Gasteiger partial charge >= 0.3 is 0 Å². The minimum absolute atomic E-state index is 0.0396. The Hall–Kier alpha value is -3.59. The van der Waals surface area contributed by atoms with E-state index < -0.39 is 5.92 Å². The highest BCUT2D eigenvalue weighted by Crippen LogP contribution is 2.49. The molecule has 0 saturated carbocycles. The Morgan fingerprint density at radius 2 is 1.82 bits per heavy atom. The number of rotatable bonds is 1. The van der Waals surface area contributed by atoms with Crippen molar-refractivity contribution in [2.24, 2.45) is 0 Å². The third kappa shape index (κ3) is 2.20. The Labute approximate surface area is 160 Å². The van der Waals surface area contributed by atoms with Gasteiger partial charge in [0.05, 0.1) is 23.4 Å². The zero-order chi connectivity index (χ0) is 19.4. The van der Waals surface area contributed by atoms with Crippen molar-refractivity contribution in [3.63, 3.8) is 0 Å². The second kappa shape index (κ2) is 5.96. The van der Waals surface area contributed by atoms with E-state index in [4.69, 9.17) is 5.26 Å². The summed E-state index contributed by atoms with van der Waals surface area (Å²) < 4.78 is 0. The van der Waals surface area contributed by atoms with Gasteiger partial charge in [-0.15, -0.1) is 0 Å². The van der Waals surface area contributed by atoms with E-state index in [0.29, 0.717) is 40.7 Å². The fourth-order valence-corrected chi connectivity index (χ4v) is 4.59. The molecule has 1 unspecified atom stereocenters. The molecule has 3 aliphatic carbocycles. The van der Waals surface area contributed by atoms with Crippen LogP contribution in [-0.4, -0.2) is 27.5 Å². The van der Waals surface area contributed by atoms with E-state index in [-0.39, 0.29) is 23.0 Å². The van der Waals surface area contributed by atoms with Crippen LogP contribution < -0.4 is 0 Å². The minimum atomic E-state index is -0.577. The number of hydrogen-bond acceptors (Lipinski definition) is 5. The molecule has 1 aromatic carbocycles. The number of nitrogens with zero attached hydrogens (tertiary/aromatic N) is 2. The lowest BCUT2D eigenvalue weighted by Gasteiger charge is -2.35. The molecule has 1 N–H and O–H groups in total. The highest BCUT2D eigenvalue weighted by atomic mass is 16.1. The number of nitrogens with one attached hydrogen (secondary N) is 1. The number of ketones is 3. The van der Waals surface area contributed by atoms with Gasteiger partial charge in [0.15, 0.2) is 11.6 Å². The van der Waals surface area contributed by atoms with Crippen LogP contribution >= 0.6 is 0 Å². The molecule has 0 fully saturated rings. The number of aromatic nitrogens is 2. The van der Waals surface area contributed by atoms with Crippen molar-refractivity contribution in [2.45, 2.75) is 31.6 Å². The molecule has 2 aromatic rings. The van der Waals surface area contributed by atoms with Crippen LogP contribution in [0.3, 0.4) is 0 Å². The molecule has 0 spiro atoms. The first-order valence-electron chi connectivity index (χ1n) is 9.21. The predicted molar refractivity (Wildman–Crippen MR) is 98.7 cm³/mol. The molecule has 136 valence electrons. The van der Waals surface area contributed by atoms with E-state index >= 15 is 0 Å². The Bertz CT molecular complexity index is 1170. The van der Waals surface area contributed by atoms with E-state index in [9.17, 15) is 14.4 Å². The van der Waals surface area contributed by atoms with Crippen molar-refractivity contribution in [1.29, 1.82) is 5.26 Å². The number of nitriles is 1. The van der Waals surface area contributed by atoms with E-state index in [2.05, 4.69) is 16.3 Å². The van der Waals surface area contributed by atoms with Crippen LogP contribution in [0.2, 0.25) is 0 Å². The normalized spacial score (nSPS) is 21.2. The van der Waals surface area contributed by atoms with E-state index in [1.54, 1.807) is 24.3 Å². The molecular formula is C22H15N3O3. The van der Waals surface area contributed by atoms with Crippen molar-refractivity contribution in [3.8, 4) is 6.07 Å². The van der Waals surface area contributed by atoms with Crippen molar-refractivity contribution in [3.05, 3.63) is 75.1 Å². The van der Waals surface area contributed by atoms with Gasteiger partial charge in [0, 0.05) is 29.1 Å². The summed E-state index contributed by atoms with van der Waals surface area (Å²) in [5.74, 6) is -1.01. The third-order valence-corrected chi connectivity index (χ3v) is 5.86. The first kappa shape index (κ1) is 16.6. The predicted octanol–water partition coefficient (Wildman–Crippen LogP) is 3.19. The minimum Gasteiger partial charge on any atom is -0.295 e. The number of carbonyl (C=O) groups excluding carboxylic acids is 3. The molecule has 6 nitrogen and oxygen atoms in total. The number of Topliss-reactive ketones (excluding diaryl/α,β-unsaturated/α-hetero) is 3. The molecule has 28 heavy (non-hydrogen) atoms. The lowest BCUT2D eigenvalue weighted by atomic mass is 9.65. The highest BCUT2D eigenvalue weighted by molar-refractivity contribution is 6.28. The molecule has 1 aromatic heterocycles. The van der Waals surface area contributed by atoms with Gasteiger partial charge in [-0.25, -0.2) is 0 Å². The van der Waals surface area contributed by atoms with Crippen LogP contribution in [0.4, 0.5) is 0 Å². The fraction of sp³-hybridized carbons (Fsp3) is 0.227. The number of aromatic amines is 1. The SMILES string of the molecule is N#Cc1ccc(C2C3=C(CCCC3=O)CC3=C2C(=O)c2[nH]ncc2C3=O)cc1. The summed E-state index contributed by atoms with van der Waals surface area (Å²) in [5.41, 5.74) is 4.19. The summed E-state index contributed by atoms with van der Waals surface area (Å²) in [5, 5.41) is 15.6. The van der Waals surface area contributed by atoms with Gasteiger partial charge in [0.25, 0.3) is 0 Å². The quantitative estimate of drug-likeness (QED) is 0.831. The first-order valence-corrected chi connectivity index (χ1v) is 9.21. The van der Waals surface area contributed by atoms with Crippen LogP contribution in [0.1, 0.15) is 63.6 Å². The first-order chi connectivity index (χ1) is 13.6. The maximum Gasteiger partial charge on any atom is 0.208 e. The summed E-state index contributed by atoms with van der Waals surface area (Å²) in [7, 11) is 0. The maximum absolute atomic E-state index is 13.3. The van der Waals surface area contributed by atoms with Crippen LogP contribution in [0.15, 0.2) is 52.8 Å². The molecule has 0 amide bonds. The summed E-state index contributed by atoms with van der Waals surface area (Å²) >= 11 is 0. The van der Waals surface area contributed by atoms with Crippen molar-refractivity contribution >= 4 is 17.3 Å². The zero-order valence-corrected chi connectivity index (χ0v) is 14.9. The van der Waals surface area contributed by atoms with Gasteiger partial charge in [-0.3, -0.25) is 19.5 Å². The molecule has 0 radical (unpaired) electrons. The van der Waals surface area contributed by atoms with Crippen LogP contribution in [0, 0.1) is 11.3 Å². The second-order valence-corrected chi connectivity index (χ2v) is 7.35. The number of H-pyrrole nitrogens is 1. The van der Waals surface area contributed by atoms with Gasteiger partial charge < -0.3 is 0 Å². The topological polar surface area (TPSA) is 104 Å². The van der Waals surface area contributed by atoms with Crippen molar-refractivity contribution in [2.75, 3.05) is 0 Å². The molecule has 3 aliphatic rings. The van der Waals surface area contributed by atoms with E-state index in [1.165, 1.54) is 6.20 Å². The summed E-state index contributed by atoms with van der Waals surface area (Å²) in [6.07, 6.45) is 3.71. The summed E-state index contributed by atoms with van der Waals surface area (Å²) in [6, 6.07) is 8.97. The average Bonchev–Trinajstić information content (AvgIpc) is 3.21. The molecule has 1 atom stereocenters. The summed E-state index contributed by atoms with van der Waals surface area (Å²) in [6.45, 7) is 0. The monoisotopic (exact) mass is 369 g/mol. The van der Waals surface area contributed by atoms with Crippen LogP contribution in [0.25, 0.3) is 0 Å². The third-order valence-electron chi connectivity index (χ3n) is 5.86. The Morgan fingerprint density at radius 3 is 2.57 bits per heavy atom. The maximum atomic E-state index is 13.3. The molecule has 1 heterocycles. The van der Waals surface area contributed by atoms with E-state index in [1.807, 2.05) is 0 Å². The van der Waals surface area contributed by atoms with Gasteiger partial charge in [0.2, 0.25) is 5.78 Å². The van der Waals surface area contributed by atoms with Crippen molar-refractivity contribution < 1.29 is 14.4 Å². The zero-order valence-electron chi connectivity index (χ0n) is 14.9.